The van der Waals surface area contributed by atoms with Crippen molar-refractivity contribution in [2.45, 2.75) is 13.5 Å². The van der Waals surface area contributed by atoms with Gasteiger partial charge in [0.2, 0.25) is 0 Å². The molecule has 0 saturated heterocycles. The van der Waals surface area contributed by atoms with Gasteiger partial charge in [-0.3, -0.25) is 0 Å². The van der Waals surface area contributed by atoms with Gasteiger partial charge in [-0.2, -0.15) is 0 Å². The van der Waals surface area contributed by atoms with Crippen LogP contribution in [0.1, 0.15) is 11.1 Å². The van der Waals surface area contributed by atoms with Crippen LogP contribution in [0.5, 0.6) is 5.75 Å². The zero-order valence-corrected chi connectivity index (χ0v) is 10.5. The van der Waals surface area contributed by atoms with Gasteiger partial charge in [-0.15, -0.1) is 0 Å². The number of nitrogens with one attached hydrogen (secondary N) is 1. The van der Waals surface area contributed by atoms with Gasteiger partial charge < -0.3 is 10.1 Å². The van der Waals surface area contributed by atoms with E-state index in [1.165, 1.54) is 17.7 Å². The van der Waals surface area contributed by atoms with E-state index in [9.17, 15) is 4.39 Å². The fourth-order valence-corrected chi connectivity index (χ4v) is 1.84. The van der Waals surface area contributed by atoms with Crippen molar-refractivity contribution >= 4 is 5.69 Å². The Morgan fingerprint density at radius 1 is 1.17 bits per heavy atom. The third-order valence-corrected chi connectivity index (χ3v) is 2.74. The van der Waals surface area contributed by atoms with Gasteiger partial charge in [-0.1, -0.05) is 12.1 Å². The summed E-state index contributed by atoms with van der Waals surface area (Å²) >= 11 is 0. The molecule has 0 bridgehead atoms. The Kier molecular flexibility index (Phi) is 3.82. The number of benzene rings is 2. The van der Waals surface area contributed by atoms with E-state index in [1.54, 1.807) is 13.2 Å². The number of halogens is 1. The van der Waals surface area contributed by atoms with E-state index in [-0.39, 0.29) is 5.82 Å². The molecule has 0 aliphatic heterocycles. The first-order chi connectivity index (χ1) is 8.69. The van der Waals surface area contributed by atoms with Crippen LogP contribution in [0.2, 0.25) is 0 Å². The van der Waals surface area contributed by atoms with Crippen molar-refractivity contribution in [2.75, 3.05) is 12.4 Å². The molecule has 3 heteroatoms. The van der Waals surface area contributed by atoms with Gasteiger partial charge in [-0.25, -0.2) is 4.39 Å². The average molecular weight is 245 g/mol. The second kappa shape index (κ2) is 5.54. The smallest absolute Gasteiger partial charge is 0.124 e. The fraction of sp³-hybridized carbons (Fsp3) is 0.200. The molecule has 0 amide bonds. The normalized spacial score (nSPS) is 10.2. The predicted molar refractivity (Wildman–Crippen MR) is 71.5 cm³/mol. The molecule has 2 aromatic rings. The largest absolute Gasteiger partial charge is 0.496 e. The minimum Gasteiger partial charge on any atom is -0.496 e. The Hall–Kier alpha value is -2.03. The lowest BCUT2D eigenvalue weighted by Crippen LogP contribution is -2.02. The van der Waals surface area contributed by atoms with Gasteiger partial charge >= 0.3 is 0 Å². The Balaban J connectivity index is 2.12. The zero-order chi connectivity index (χ0) is 13.0. The predicted octanol–water partition coefficient (Wildman–Crippen LogP) is 3.75. The van der Waals surface area contributed by atoms with Crippen molar-refractivity contribution in [1.82, 2.24) is 0 Å². The maximum Gasteiger partial charge on any atom is 0.124 e. The van der Waals surface area contributed by atoms with Crippen molar-refractivity contribution < 1.29 is 9.13 Å². The van der Waals surface area contributed by atoms with Gasteiger partial charge in [0, 0.05) is 17.8 Å². The number of hydrogen-bond donors (Lipinski definition) is 1. The van der Waals surface area contributed by atoms with Gasteiger partial charge in [-0.05, 0) is 42.8 Å². The number of aryl methyl sites for hydroxylation is 1. The number of methoxy groups -OCH3 is 1. The van der Waals surface area contributed by atoms with Crippen LogP contribution in [0.3, 0.4) is 0 Å². The molecule has 0 aliphatic rings. The molecule has 0 unspecified atom stereocenters. The number of hydrogen-bond acceptors (Lipinski definition) is 2. The molecule has 2 rings (SSSR count). The maximum absolute atomic E-state index is 13.2. The molecular weight excluding hydrogens is 229 g/mol. The molecule has 0 fully saturated rings. The third-order valence-electron chi connectivity index (χ3n) is 2.74. The first-order valence-corrected chi connectivity index (χ1v) is 5.82. The molecule has 2 nitrogen and oxygen atoms in total. The lowest BCUT2D eigenvalue weighted by Gasteiger charge is -2.11. The minimum atomic E-state index is -0.253. The molecule has 0 aromatic heterocycles. The standard InChI is InChI=1S/C15H16FNO/c1-11-4-3-5-14(8-11)17-10-12-9-13(16)6-7-15(12)18-2/h3-9,17H,10H2,1-2H3. The summed E-state index contributed by atoms with van der Waals surface area (Å²) in [4.78, 5) is 0. The third kappa shape index (κ3) is 3.00. The van der Waals surface area contributed by atoms with E-state index in [1.807, 2.05) is 31.2 Å². The molecule has 0 radical (unpaired) electrons. The average Bonchev–Trinajstić information content (AvgIpc) is 2.37. The number of ether oxygens (including phenoxy) is 1. The van der Waals surface area contributed by atoms with E-state index >= 15 is 0 Å². The van der Waals surface area contributed by atoms with Crippen molar-refractivity contribution in [3.63, 3.8) is 0 Å². The van der Waals surface area contributed by atoms with Crippen molar-refractivity contribution in [1.29, 1.82) is 0 Å². The molecule has 0 atom stereocenters. The fourth-order valence-electron chi connectivity index (χ4n) is 1.84. The summed E-state index contributed by atoms with van der Waals surface area (Å²) in [7, 11) is 1.59. The molecule has 0 spiro atoms. The summed E-state index contributed by atoms with van der Waals surface area (Å²) in [6.07, 6.45) is 0. The summed E-state index contributed by atoms with van der Waals surface area (Å²) in [5.74, 6) is 0.438. The summed E-state index contributed by atoms with van der Waals surface area (Å²) in [5.41, 5.74) is 3.01. The second-order valence-corrected chi connectivity index (χ2v) is 4.18. The Bertz CT molecular complexity index is 540. The van der Waals surface area contributed by atoms with E-state index in [2.05, 4.69) is 5.32 Å². The van der Waals surface area contributed by atoms with Gasteiger partial charge in [0.15, 0.2) is 0 Å². The summed E-state index contributed by atoms with van der Waals surface area (Å²) < 4.78 is 18.4. The lowest BCUT2D eigenvalue weighted by atomic mass is 10.1. The van der Waals surface area contributed by atoms with Crippen LogP contribution in [0.4, 0.5) is 10.1 Å². The van der Waals surface area contributed by atoms with Crippen LogP contribution in [0.15, 0.2) is 42.5 Å². The van der Waals surface area contributed by atoms with Crippen LogP contribution in [0, 0.1) is 12.7 Å². The number of anilines is 1. The van der Waals surface area contributed by atoms with Crippen LogP contribution in [-0.2, 0) is 6.54 Å². The van der Waals surface area contributed by atoms with E-state index in [4.69, 9.17) is 4.74 Å². The highest BCUT2D eigenvalue weighted by Crippen LogP contribution is 2.21. The lowest BCUT2D eigenvalue weighted by molar-refractivity contribution is 0.409. The SMILES string of the molecule is COc1ccc(F)cc1CNc1cccc(C)c1. The Morgan fingerprint density at radius 3 is 2.72 bits per heavy atom. The highest BCUT2D eigenvalue weighted by Gasteiger charge is 2.04. The quantitative estimate of drug-likeness (QED) is 0.885. The molecule has 0 saturated carbocycles. The molecule has 18 heavy (non-hydrogen) atoms. The van der Waals surface area contributed by atoms with Crippen molar-refractivity contribution in [3.8, 4) is 5.75 Å². The molecule has 94 valence electrons. The van der Waals surface area contributed by atoms with Crippen LogP contribution in [-0.4, -0.2) is 7.11 Å². The maximum atomic E-state index is 13.2. The molecular formula is C15H16FNO. The molecule has 0 heterocycles. The Morgan fingerprint density at radius 2 is 2.00 bits per heavy atom. The van der Waals surface area contributed by atoms with Gasteiger partial charge in [0.25, 0.3) is 0 Å². The highest BCUT2D eigenvalue weighted by atomic mass is 19.1. The van der Waals surface area contributed by atoms with Crippen LogP contribution in [0.25, 0.3) is 0 Å². The molecule has 2 aromatic carbocycles. The second-order valence-electron chi connectivity index (χ2n) is 4.18. The Labute approximate surface area is 106 Å². The first-order valence-electron chi connectivity index (χ1n) is 5.82. The molecule has 0 aliphatic carbocycles. The molecule has 1 N–H and O–H groups in total. The van der Waals surface area contributed by atoms with Crippen molar-refractivity contribution in [3.05, 3.63) is 59.4 Å². The van der Waals surface area contributed by atoms with E-state index in [0.717, 1.165) is 11.3 Å². The van der Waals surface area contributed by atoms with Crippen molar-refractivity contribution in [2.24, 2.45) is 0 Å². The van der Waals surface area contributed by atoms with Gasteiger partial charge in [0.1, 0.15) is 11.6 Å². The van der Waals surface area contributed by atoms with E-state index < -0.39 is 0 Å². The monoisotopic (exact) mass is 245 g/mol. The first kappa shape index (κ1) is 12.4. The number of rotatable bonds is 4. The van der Waals surface area contributed by atoms with Gasteiger partial charge in [0.05, 0.1) is 7.11 Å². The summed E-state index contributed by atoms with van der Waals surface area (Å²) in [5, 5.41) is 3.26. The van der Waals surface area contributed by atoms with Crippen LogP contribution < -0.4 is 10.1 Å². The van der Waals surface area contributed by atoms with Crippen LogP contribution >= 0.6 is 0 Å². The van der Waals surface area contributed by atoms with E-state index in [0.29, 0.717) is 12.3 Å². The minimum absolute atomic E-state index is 0.253. The summed E-state index contributed by atoms with van der Waals surface area (Å²) in [6, 6.07) is 12.6. The topological polar surface area (TPSA) is 21.3 Å². The highest BCUT2D eigenvalue weighted by molar-refractivity contribution is 5.47. The summed E-state index contributed by atoms with van der Waals surface area (Å²) in [6.45, 7) is 2.57. The zero-order valence-electron chi connectivity index (χ0n) is 10.5.